The second kappa shape index (κ2) is 13.0. The predicted octanol–water partition coefficient (Wildman–Crippen LogP) is 8.64. The summed E-state index contributed by atoms with van der Waals surface area (Å²) in [6, 6.07) is 14.8. The van der Waals surface area contributed by atoms with Crippen LogP contribution in [0.1, 0.15) is 105 Å². The molecule has 2 aromatic carbocycles. The van der Waals surface area contributed by atoms with Gasteiger partial charge >= 0.3 is 0 Å². The van der Waals surface area contributed by atoms with Crippen molar-refractivity contribution >= 4 is 0 Å². The van der Waals surface area contributed by atoms with Gasteiger partial charge in [-0.05, 0) is 58.9 Å². The van der Waals surface area contributed by atoms with Gasteiger partial charge in [0, 0.05) is 0 Å². The van der Waals surface area contributed by atoms with Crippen molar-refractivity contribution in [1.29, 1.82) is 0 Å². The van der Waals surface area contributed by atoms with Crippen molar-refractivity contribution in [2.24, 2.45) is 0 Å². The Morgan fingerprint density at radius 2 is 1.27 bits per heavy atom. The number of benzene rings is 2. The van der Waals surface area contributed by atoms with Gasteiger partial charge < -0.3 is 14.2 Å². The lowest BCUT2D eigenvalue weighted by Gasteiger charge is -2.29. The van der Waals surface area contributed by atoms with Crippen molar-refractivity contribution < 1.29 is 14.2 Å². The Morgan fingerprint density at radius 3 is 1.73 bits per heavy atom. The first-order chi connectivity index (χ1) is 15.4. The maximum Gasteiger partial charge on any atom is 0.197 e. The molecule has 0 spiro atoms. The van der Waals surface area contributed by atoms with E-state index in [-0.39, 0.29) is 17.1 Å². The Balaban J connectivity index is 0.00000265. The highest BCUT2D eigenvalue weighted by atomic mass is 16.7. The zero-order chi connectivity index (χ0) is 25.2. The van der Waals surface area contributed by atoms with E-state index in [1.165, 1.54) is 16.7 Å². The molecule has 33 heavy (non-hydrogen) atoms. The molecule has 0 radical (unpaired) electrons. The van der Waals surface area contributed by atoms with Crippen LogP contribution < -0.4 is 9.47 Å². The van der Waals surface area contributed by atoms with Crippen LogP contribution in [-0.4, -0.2) is 19.5 Å². The summed E-state index contributed by atoms with van der Waals surface area (Å²) in [5.74, 6) is 2.38. The van der Waals surface area contributed by atoms with Crippen molar-refractivity contribution in [1.82, 2.24) is 0 Å². The summed E-state index contributed by atoms with van der Waals surface area (Å²) in [7, 11) is 0. The van der Waals surface area contributed by atoms with E-state index in [2.05, 4.69) is 85.7 Å². The van der Waals surface area contributed by atoms with Crippen LogP contribution in [0.3, 0.4) is 0 Å². The zero-order valence-electron chi connectivity index (χ0n) is 23.0. The molecule has 0 aromatic heterocycles. The van der Waals surface area contributed by atoms with Crippen LogP contribution >= 0.6 is 0 Å². The lowest BCUT2D eigenvalue weighted by molar-refractivity contribution is -0.0740. The number of rotatable bonds is 9. The first-order valence-corrected chi connectivity index (χ1v) is 12.6. The Hall–Kier alpha value is -2.00. The van der Waals surface area contributed by atoms with Gasteiger partial charge in [0.2, 0.25) is 0 Å². The fraction of sp³-hybridized carbons (Fsp3) is 0.600. The topological polar surface area (TPSA) is 27.7 Å². The van der Waals surface area contributed by atoms with Gasteiger partial charge in [0.15, 0.2) is 6.29 Å². The molecule has 0 saturated carbocycles. The molecule has 0 saturated heterocycles. The average molecular weight is 457 g/mol. The molecule has 2 aromatic rings. The molecule has 0 amide bonds. The molecule has 0 aliphatic rings. The SMILES string of the molecule is CC.CCC(C)c1ccc(OC(C)OCCOc2c(C(C)(C)C)cccc2C(C)(C)C)cc1. The van der Waals surface area contributed by atoms with Gasteiger partial charge in [-0.2, -0.15) is 0 Å². The molecule has 2 unspecified atom stereocenters. The minimum Gasteiger partial charge on any atom is -0.491 e. The van der Waals surface area contributed by atoms with Crippen LogP contribution in [-0.2, 0) is 15.6 Å². The minimum absolute atomic E-state index is 0.00922. The van der Waals surface area contributed by atoms with Gasteiger partial charge in [-0.1, -0.05) is 99.6 Å². The maximum atomic E-state index is 6.30. The third-order valence-electron chi connectivity index (χ3n) is 5.68. The third-order valence-corrected chi connectivity index (χ3v) is 5.68. The lowest BCUT2D eigenvalue weighted by atomic mass is 9.79. The average Bonchev–Trinajstić information content (AvgIpc) is 2.76. The highest BCUT2D eigenvalue weighted by Crippen LogP contribution is 2.39. The number of hydrogen-bond acceptors (Lipinski definition) is 3. The predicted molar refractivity (Wildman–Crippen MR) is 142 cm³/mol. The van der Waals surface area contributed by atoms with Crippen molar-refractivity contribution in [3.8, 4) is 11.5 Å². The number of ether oxygens (including phenoxy) is 3. The van der Waals surface area contributed by atoms with E-state index in [9.17, 15) is 0 Å². The molecule has 0 bridgehead atoms. The molecule has 0 fully saturated rings. The van der Waals surface area contributed by atoms with E-state index >= 15 is 0 Å². The lowest BCUT2D eigenvalue weighted by Crippen LogP contribution is -2.23. The van der Waals surface area contributed by atoms with E-state index in [1.54, 1.807) is 0 Å². The van der Waals surface area contributed by atoms with Gasteiger partial charge in [0.25, 0.3) is 0 Å². The van der Waals surface area contributed by atoms with Crippen molar-refractivity contribution in [2.75, 3.05) is 13.2 Å². The van der Waals surface area contributed by atoms with E-state index in [0.29, 0.717) is 19.1 Å². The van der Waals surface area contributed by atoms with Crippen LogP contribution in [0.15, 0.2) is 42.5 Å². The second-order valence-corrected chi connectivity index (χ2v) is 10.5. The molecule has 3 nitrogen and oxygen atoms in total. The van der Waals surface area contributed by atoms with Crippen molar-refractivity contribution in [2.45, 2.75) is 106 Å². The molecular weight excluding hydrogens is 408 g/mol. The summed E-state index contributed by atoms with van der Waals surface area (Å²) in [5, 5.41) is 0. The molecule has 3 heteroatoms. The molecule has 2 rings (SSSR count). The molecule has 0 heterocycles. The van der Waals surface area contributed by atoms with Gasteiger partial charge in [-0.25, -0.2) is 0 Å². The fourth-order valence-electron chi connectivity index (χ4n) is 3.57. The first-order valence-electron chi connectivity index (χ1n) is 12.6. The monoisotopic (exact) mass is 456 g/mol. The Bertz CT molecular complexity index is 778. The summed E-state index contributed by atoms with van der Waals surface area (Å²) in [6.07, 6.45) is 0.799. The van der Waals surface area contributed by atoms with Gasteiger partial charge in [-0.3, -0.25) is 0 Å². The molecule has 186 valence electrons. The number of para-hydroxylation sites is 1. The molecule has 0 aliphatic carbocycles. The van der Waals surface area contributed by atoms with Crippen LogP contribution in [0.5, 0.6) is 11.5 Å². The van der Waals surface area contributed by atoms with Crippen LogP contribution in [0.25, 0.3) is 0 Å². The summed E-state index contributed by atoms with van der Waals surface area (Å²) in [5.41, 5.74) is 3.81. The fourth-order valence-corrected chi connectivity index (χ4v) is 3.57. The minimum atomic E-state index is -0.335. The zero-order valence-corrected chi connectivity index (χ0v) is 23.0. The highest BCUT2D eigenvalue weighted by molar-refractivity contribution is 5.48. The van der Waals surface area contributed by atoms with Crippen LogP contribution in [0, 0.1) is 0 Å². The number of hydrogen-bond donors (Lipinski definition) is 0. The van der Waals surface area contributed by atoms with Gasteiger partial charge in [0.1, 0.15) is 18.1 Å². The smallest absolute Gasteiger partial charge is 0.197 e. The highest BCUT2D eigenvalue weighted by Gasteiger charge is 2.26. The summed E-state index contributed by atoms with van der Waals surface area (Å²) in [4.78, 5) is 0. The Kier molecular flexibility index (Phi) is 11.5. The van der Waals surface area contributed by atoms with Crippen LogP contribution in [0.4, 0.5) is 0 Å². The largest absolute Gasteiger partial charge is 0.491 e. The van der Waals surface area contributed by atoms with E-state index < -0.39 is 0 Å². The molecule has 0 N–H and O–H groups in total. The summed E-state index contributed by atoms with van der Waals surface area (Å²) >= 11 is 0. The Labute approximate surface area is 203 Å². The summed E-state index contributed by atoms with van der Waals surface area (Å²) in [6.45, 7) is 24.7. The van der Waals surface area contributed by atoms with E-state index in [0.717, 1.165) is 17.9 Å². The maximum absolute atomic E-state index is 6.30. The first kappa shape index (κ1) is 29.0. The van der Waals surface area contributed by atoms with E-state index in [1.807, 2.05) is 32.9 Å². The van der Waals surface area contributed by atoms with Gasteiger partial charge in [0.05, 0.1) is 6.61 Å². The normalized spacial score (nSPS) is 13.5. The molecular formula is C30H48O3. The van der Waals surface area contributed by atoms with Crippen molar-refractivity contribution in [3.63, 3.8) is 0 Å². The molecule has 0 aliphatic heterocycles. The second-order valence-electron chi connectivity index (χ2n) is 10.5. The van der Waals surface area contributed by atoms with E-state index in [4.69, 9.17) is 14.2 Å². The Morgan fingerprint density at radius 1 is 0.758 bits per heavy atom. The quantitative estimate of drug-likeness (QED) is 0.279. The van der Waals surface area contributed by atoms with Gasteiger partial charge in [-0.15, -0.1) is 0 Å². The third kappa shape index (κ3) is 9.04. The molecule has 2 atom stereocenters. The van der Waals surface area contributed by atoms with Crippen LogP contribution in [0.2, 0.25) is 0 Å². The summed E-state index contributed by atoms with van der Waals surface area (Å²) < 4.78 is 18.1. The standard InChI is InChI=1S/C28H42O3.C2H6/c1-10-20(2)22-14-16-23(17-15-22)31-21(3)29-18-19-30-26-24(27(4,5)6)12-11-13-25(26)28(7,8)9;1-2/h11-17,20-21H,10,18-19H2,1-9H3;1-2H3. The van der Waals surface area contributed by atoms with Crippen molar-refractivity contribution in [3.05, 3.63) is 59.2 Å².